The molecule has 130 valence electrons. The first-order chi connectivity index (χ1) is 11.8. The van der Waals surface area contributed by atoms with E-state index in [1.165, 1.54) is 31.2 Å². The zero-order chi connectivity index (χ0) is 18.4. The summed E-state index contributed by atoms with van der Waals surface area (Å²) in [6.45, 7) is 1.18. The number of carbonyl (C=O) groups is 2. The summed E-state index contributed by atoms with van der Waals surface area (Å²) >= 11 is 0. The zero-order valence-electron chi connectivity index (χ0n) is 13.3. The summed E-state index contributed by atoms with van der Waals surface area (Å²) in [6.07, 6.45) is 0.258. The van der Waals surface area contributed by atoms with Gasteiger partial charge in [0.15, 0.2) is 5.78 Å². The zero-order valence-corrected chi connectivity index (χ0v) is 13.3. The molecule has 0 aromatic heterocycles. The summed E-state index contributed by atoms with van der Waals surface area (Å²) < 4.78 is 45.7. The van der Waals surface area contributed by atoms with Gasteiger partial charge in [0.25, 0.3) is 0 Å². The third-order valence-corrected chi connectivity index (χ3v) is 3.31. The summed E-state index contributed by atoms with van der Waals surface area (Å²) in [5.74, 6) is -7.04. The standard InChI is InChI=1S/C19H15F3O3/c1-2-25-18(24)19(21,22)12-16(13-8-10-15(20)11-9-13)17(23)14-6-4-3-5-7-14/h3-12H,2H2,1H3/b16-12+. The van der Waals surface area contributed by atoms with Gasteiger partial charge in [0.1, 0.15) is 5.82 Å². The predicted octanol–water partition coefficient (Wildman–Crippen LogP) is 4.29. The fourth-order valence-corrected chi connectivity index (χ4v) is 2.12. The molecule has 0 aliphatic heterocycles. The van der Waals surface area contributed by atoms with Crippen molar-refractivity contribution in [2.24, 2.45) is 0 Å². The van der Waals surface area contributed by atoms with Crippen molar-refractivity contribution in [3.8, 4) is 0 Å². The lowest BCUT2D eigenvalue weighted by molar-refractivity contribution is -0.164. The molecule has 0 spiro atoms. The highest BCUT2D eigenvalue weighted by molar-refractivity contribution is 6.29. The smallest absolute Gasteiger partial charge is 0.381 e. The average molecular weight is 348 g/mol. The van der Waals surface area contributed by atoms with Gasteiger partial charge in [-0.25, -0.2) is 9.18 Å². The van der Waals surface area contributed by atoms with Crippen LogP contribution in [0.4, 0.5) is 13.2 Å². The third kappa shape index (κ3) is 4.56. The Hall–Kier alpha value is -2.89. The van der Waals surface area contributed by atoms with Gasteiger partial charge in [-0.05, 0) is 24.6 Å². The van der Waals surface area contributed by atoms with E-state index in [9.17, 15) is 22.8 Å². The molecule has 0 heterocycles. The number of Topliss-reactive ketones (excluding diaryl/α,β-unsaturated/α-hetero) is 1. The molecule has 2 rings (SSSR count). The maximum atomic E-state index is 14.1. The Labute approximate surface area is 142 Å². The van der Waals surface area contributed by atoms with Crippen LogP contribution in [0.15, 0.2) is 60.7 Å². The number of hydrogen-bond donors (Lipinski definition) is 0. The molecule has 0 unspecified atom stereocenters. The van der Waals surface area contributed by atoms with Crippen molar-refractivity contribution in [1.82, 2.24) is 0 Å². The van der Waals surface area contributed by atoms with Crippen LogP contribution in [0.5, 0.6) is 0 Å². The third-order valence-electron chi connectivity index (χ3n) is 3.31. The van der Waals surface area contributed by atoms with E-state index in [-0.39, 0.29) is 23.8 Å². The first-order valence-electron chi connectivity index (χ1n) is 7.48. The molecular weight excluding hydrogens is 333 g/mol. The van der Waals surface area contributed by atoms with Crippen molar-refractivity contribution in [2.45, 2.75) is 12.8 Å². The van der Waals surface area contributed by atoms with E-state index < -0.39 is 29.1 Å². The van der Waals surface area contributed by atoms with E-state index in [1.807, 2.05) is 0 Å². The molecule has 3 nitrogen and oxygen atoms in total. The normalized spacial score (nSPS) is 11.9. The van der Waals surface area contributed by atoms with Crippen LogP contribution in [0, 0.1) is 5.82 Å². The van der Waals surface area contributed by atoms with Crippen LogP contribution >= 0.6 is 0 Å². The number of ether oxygens (including phenoxy) is 1. The van der Waals surface area contributed by atoms with Crippen molar-refractivity contribution in [3.05, 3.63) is 77.6 Å². The largest absolute Gasteiger partial charge is 0.461 e. The van der Waals surface area contributed by atoms with Gasteiger partial charge in [-0.3, -0.25) is 4.79 Å². The molecule has 0 N–H and O–H groups in total. The van der Waals surface area contributed by atoms with Gasteiger partial charge >= 0.3 is 11.9 Å². The van der Waals surface area contributed by atoms with E-state index in [2.05, 4.69) is 4.74 Å². The number of benzene rings is 2. The Balaban J connectivity index is 2.52. The highest BCUT2D eigenvalue weighted by atomic mass is 19.3. The maximum absolute atomic E-state index is 14.1. The number of halogens is 3. The minimum atomic E-state index is -4.00. The number of alkyl halides is 2. The number of allylic oxidation sites excluding steroid dienone is 1. The minimum absolute atomic E-state index is 0.0687. The monoisotopic (exact) mass is 348 g/mol. The minimum Gasteiger partial charge on any atom is -0.461 e. The molecule has 0 aliphatic carbocycles. The number of esters is 1. The second-order valence-corrected chi connectivity index (χ2v) is 5.10. The molecule has 0 fully saturated rings. The molecule has 0 aliphatic rings. The highest BCUT2D eigenvalue weighted by Crippen LogP contribution is 2.27. The Kier molecular flexibility index (Phi) is 5.75. The van der Waals surface area contributed by atoms with Crippen molar-refractivity contribution in [3.63, 3.8) is 0 Å². The lowest BCUT2D eigenvalue weighted by Gasteiger charge is -2.14. The van der Waals surface area contributed by atoms with Gasteiger partial charge < -0.3 is 4.74 Å². The molecular formula is C19H15F3O3. The van der Waals surface area contributed by atoms with Crippen molar-refractivity contribution >= 4 is 17.3 Å². The van der Waals surface area contributed by atoms with Crippen LogP contribution in [0.2, 0.25) is 0 Å². The summed E-state index contributed by atoms with van der Waals surface area (Å²) in [7, 11) is 0. The van der Waals surface area contributed by atoms with Crippen LogP contribution < -0.4 is 0 Å². The first kappa shape index (κ1) is 18.4. The summed E-state index contributed by atoms with van der Waals surface area (Å²) in [4.78, 5) is 24.1. The molecule has 2 aromatic carbocycles. The number of ketones is 1. The molecule has 25 heavy (non-hydrogen) atoms. The summed E-state index contributed by atoms with van der Waals surface area (Å²) in [5, 5.41) is 0. The Morgan fingerprint density at radius 1 is 1.00 bits per heavy atom. The lowest BCUT2D eigenvalue weighted by Crippen LogP contribution is -2.29. The van der Waals surface area contributed by atoms with E-state index in [4.69, 9.17) is 0 Å². The fraction of sp³-hybridized carbons (Fsp3) is 0.158. The Morgan fingerprint density at radius 2 is 1.60 bits per heavy atom. The van der Waals surface area contributed by atoms with E-state index in [0.717, 1.165) is 12.1 Å². The van der Waals surface area contributed by atoms with E-state index >= 15 is 0 Å². The molecule has 0 saturated heterocycles. The molecule has 0 saturated carbocycles. The second kappa shape index (κ2) is 7.79. The number of hydrogen-bond acceptors (Lipinski definition) is 3. The maximum Gasteiger partial charge on any atom is 0.381 e. The van der Waals surface area contributed by atoms with Gasteiger partial charge in [0.2, 0.25) is 0 Å². The van der Waals surface area contributed by atoms with Crippen LogP contribution in [-0.2, 0) is 9.53 Å². The van der Waals surface area contributed by atoms with Crippen molar-refractivity contribution < 1.29 is 27.5 Å². The average Bonchev–Trinajstić information content (AvgIpc) is 2.61. The van der Waals surface area contributed by atoms with E-state index in [1.54, 1.807) is 18.2 Å². The molecule has 0 atom stereocenters. The molecule has 0 radical (unpaired) electrons. The first-order valence-corrected chi connectivity index (χ1v) is 7.48. The predicted molar refractivity (Wildman–Crippen MR) is 86.7 cm³/mol. The quantitative estimate of drug-likeness (QED) is 0.444. The van der Waals surface area contributed by atoms with Gasteiger partial charge in [-0.15, -0.1) is 0 Å². The Morgan fingerprint density at radius 3 is 2.16 bits per heavy atom. The molecule has 0 amide bonds. The van der Waals surface area contributed by atoms with Crippen molar-refractivity contribution in [1.29, 1.82) is 0 Å². The topological polar surface area (TPSA) is 43.4 Å². The van der Waals surface area contributed by atoms with Gasteiger partial charge in [-0.2, -0.15) is 8.78 Å². The second-order valence-electron chi connectivity index (χ2n) is 5.10. The SMILES string of the molecule is CCOC(=O)C(F)(F)/C=C(/C(=O)c1ccccc1)c1ccc(F)cc1. The lowest BCUT2D eigenvalue weighted by atomic mass is 9.95. The van der Waals surface area contributed by atoms with Crippen LogP contribution in [0.1, 0.15) is 22.8 Å². The Bertz CT molecular complexity index is 781. The number of rotatable bonds is 6. The molecule has 0 bridgehead atoms. The van der Waals surface area contributed by atoms with Gasteiger partial charge in [0.05, 0.1) is 6.61 Å². The van der Waals surface area contributed by atoms with Gasteiger partial charge in [-0.1, -0.05) is 42.5 Å². The highest BCUT2D eigenvalue weighted by Gasteiger charge is 2.39. The molecule has 6 heteroatoms. The van der Waals surface area contributed by atoms with Gasteiger partial charge in [0, 0.05) is 17.2 Å². The number of carbonyl (C=O) groups excluding carboxylic acids is 2. The molecule has 2 aromatic rings. The van der Waals surface area contributed by atoms with E-state index in [0.29, 0.717) is 0 Å². The van der Waals surface area contributed by atoms with Crippen molar-refractivity contribution in [2.75, 3.05) is 6.61 Å². The summed E-state index contributed by atoms with van der Waals surface area (Å²) in [5.41, 5.74) is -0.179. The summed E-state index contributed by atoms with van der Waals surface area (Å²) in [6, 6.07) is 12.2. The van der Waals surface area contributed by atoms with Crippen LogP contribution in [0.3, 0.4) is 0 Å². The van der Waals surface area contributed by atoms with Crippen LogP contribution in [0.25, 0.3) is 5.57 Å². The van der Waals surface area contributed by atoms with Crippen LogP contribution in [-0.4, -0.2) is 24.3 Å². The fourth-order valence-electron chi connectivity index (χ4n) is 2.12.